The summed E-state index contributed by atoms with van der Waals surface area (Å²) in [6.07, 6.45) is -5.06. The molecule has 0 radical (unpaired) electrons. The number of nitrogens with one attached hydrogen (secondary N) is 1. The van der Waals surface area contributed by atoms with Crippen molar-refractivity contribution in [1.82, 2.24) is 0 Å². The monoisotopic (exact) mass is 303 g/mol. The minimum Gasteiger partial charge on any atom is -0.316 e. The van der Waals surface area contributed by atoms with E-state index in [1.54, 1.807) is 0 Å². The van der Waals surface area contributed by atoms with Crippen molar-refractivity contribution >= 4 is 19.7 Å². The molecule has 20 heavy (non-hydrogen) atoms. The number of hydrogen-bond donors (Lipinski definition) is 1. The summed E-state index contributed by atoms with van der Waals surface area (Å²) >= 11 is 0. The van der Waals surface area contributed by atoms with E-state index >= 15 is 0 Å². The molecule has 0 heterocycles. The van der Waals surface area contributed by atoms with E-state index in [1.807, 2.05) is 19.6 Å². The lowest BCUT2D eigenvalue weighted by molar-refractivity contribution is -0.167. The van der Waals surface area contributed by atoms with Crippen LogP contribution in [0.5, 0.6) is 0 Å². The Kier molecular flexibility index (Phi) is 4.60. The fraction of sp³-hybridized carbons (Fsp3) is 0.308. The molecule has 0 aromatic heterocycles. The number of halogens is 4. The van der Waals surface area contributed by atoms with Gasteiger partial charge in [0.15, 0.2) is 0 Å². The fourth-order valence-electron chi connectivity index (χ4n) is 1.15. The Labute approximate surface area is 115 Å². The van der Waals surface area contributed by atoms with E-state index < -0.39 is 31.7 Å². The Morgan fingerprint density at radius 2 is 1.85 bits per heavy atom. The summed E-state index contributed by atoms with van der Waals surface area (Å²) in [5.41, 5.74) is 2.82. The van der Waals surface area contributed by atoms with E-state index in [-0.39, 0.29) is 0 Å². The molecule has 0 aliphatic rings. The highest BCUT2D eigenvalue weighted by atomic mass is 28.3. The van der Waals surface area contributed by atoms with Crippen LogP contribution in [0, 0.1) is 17.3 Å². The van der Waals surface area contributed by atoms with Gasteiger partial charge in [-0.1, -0.05) is 25.6 Å². The van der Waals surface area contributed by atoms with Crippen molar-refractivity contribution in [3.63, 3.8) is 0 Å². The SMILES string of the molecule is C[Si](C)(C)C#Cc1ccc(F)c(NC(=O)C(F)(F)F)c1. The fourth-order valence-corrected chi connectivity index (χ4v) is 1.67. The Morgan fingerprint density at radius 1 is 1.25 bits per heavy atom. The smallest absolute Gasteiger partial charge is 0.316 e. The summed E-state index contributed by atoms with van der Waals surface area (Å²) in [6, 6.07) is 3.41. The van der Waals surface area contributed by atoms with E-state index in [2.05, 4.69) is 11.5 Å². The molecule has 1 rings (SSSR count). The molecular weight excluding hydrogens is 290 g/mol. The zero-order valence-corrected chi connectivity index (χ0v) is 12.2. The van der Waals surface area contributed by atoms with Crippen LogP contribution in [0.2, 0.25) is 19.6 Å². The van der Waals surface area contributed by atoms with Crippen LogP contribution >= 0.6 is 0 Å². The number of anilines is 1. The van der Waals surface area contributed by atoms with E-state index in [4.69, 9.17) is 0 Å². The second-order valence-electron chi connectivity index (χ2n) is 5.15. The van der Waals surface area contributed by atoms with Gasteiger partial charge in [0.05, 0.1) is 5.69 Å². The molecule has 1 N–H and O–H groups in total. The first-order valence-electron chi connectivity index (χ1n) is 5.70. The molecule has 0 fully saturated rings. The zero-order chi connectivity index (χ0) is 15.6. The highest BCUT2D eigenvalue weighted by Crippen LogP contribution is 2.21. The lowest BCUT2D eigenvalue weighted by Crippen LogP contribution is -2.30. The first-order chi connectivity index (χ1) is 8.99. The van der Waals surface area contributed by atoms with E-state index in [0.717, 1.165) is 12.1 Å². The van der Waals surface area contributed by atoms with Crippen molar-refractivity contribution in [2.75, 3.05) is 5.32 Å². The molecule has 0 aliphatic heterocycles. The van der Waals surface area contributed by atoms with Gasteiger partial charge in [0.1, 0.15) is 13.9 Å². The van der Waals surface area contributed by atoms with E-state index in [9.17, 15) is 22.4 Å². The van der Waals surface area contributed by atoms with Crippen molar-refractivity contribution in [3.8, 4) is 11.5 Å². The van der Waals surface area contributed by atoms with Crippen LogP contribution in [0.4, 0.5) is 23.2 Å². The van der Waals surface area contributed by atoms with Gasteiger partial charge in [-0.15, -0.1) is 5.54 Å². The Morgan fingerprint density at radius 3 is 2.35 bits per heavy atom. The van der Waals surface area contributed by atoms with Crippen LogP contribution in [0.1, 0.15) is 5.56 Å². The normalized spacial score (nSPS) is 11.6. The van der Waals surface area contributed by atoms with Crippen LogP contribution in [0.3, 0.4) is 0 Å². The number of rotatable bonds is 1. The van der Waals surface area contributed by atoms with Crippen molar-refractivity contribution in [2.45, 2.75) is 25.8 Å². The average Bonchev–Trinajstić information content (AvgIpc) is 2.27. The number of amides is 1. The van der Waals surface area contributed by atoms with Gasteiger partial charge in [-0.2, -0.15) is 13.2 Å². The minimum absolute atomic E-state index is 0.353. The molecule has 0 aliphatic carbocycles. The summed E-state index contributed by atoms with van der Waals surface area (Å²) in [5.74, 6) is -0.383. The first kappa shape index (κ1) is 16.2. The standard InChI is InChI=1S/C13H13F4NOSi/c1-20(2,3)7-6-9-4-5-10(14)11(8-9)18-12(19)13(15,16)17/h4-5,8H,1-3H3,(H,18,19). The highest BCUT2D eigenvalue weighted by Gasteiger charge is 2.39. The molecule has 1 aromatic rings. The third-order valence-corrected chi connectivity index (χ3v) is 2.93. The number of carbonyl (C=O) groups excluding carboxylic acids is 1. The molecule has 1 amide bonds. The van der Waals surface area contributed by atoms with Crippen molar-refractivity contribution < 1.29 is 22.4 Å². The van der Waals surface area contributed by atoms with E-state index in [1.165, 1.54) is 11.4 Å². The molecule has 1 aromatic carbocycles. The Balaban J connectivity index is 3.04. The summed E-state index contributed by atoms with van der Waals surface area (Å²) in [4.78, 5) is 10.8. The second-order valence-corrected chi connectivity index (χ2v) is 9.90. The predicted octanol–water partition coefficient (Wildman–Crippen LogP) is 3.56. The largest absolute Gasteiger partial charge is 0.471 e. The first-order valence-corrected chi connectivity index (χ1v) is 9.20. The Bertz CT molecular complexity index is 579. The predicted molar refractivity (Wildman–Crippen MR) is 71.3 cm³/mol. The highest BCUT2D eigenvalue weighted by molar-refractivity contribution is 6.83. The van der Waals surface area contributed by atoms with Crippen molar-refractivity contribution in [1.29, 1.82) is 0 Å². The molecule has 108 valence electrons. The van der Waals surface area contributed by atoms with Crippen LogP contribution in [0.25, 0.3) is 0 Å². The number of alkyl halides is 3. The van der Waals surface area contributed by atoms with Gasteiger partial charge in [0.25, 0.3) is 0 Å². The number of hydrogen-bond acceptors (Lipinski definition) is 1. The maximum Gasteiger partial charge on any atom is 0.471 e. The van der Waals surface area contributed by atoms with Crippen molar-refractivity contribution in [3.05, 3.63) is 29.6 Å². The van der Waals surface area contributed by atoms with Gasteiger partial charge in [-0.25, -0.2) is 4.39 Å². The third kappa shape index (κ3) is 5.05. The van der Waals surface area contributed by atoms with Crippen LogP contribution < -0.4 is 5.32 Å². The van der Waals surface area contributed by atoms with Gasteiger partial charge in [-0.05, 0) is 18.2 Å². The summed E-state index contributed by atoms with van der Waals surface area (Å²) in [6.45, 7) is 5.99. The van der Waals surface area contributed by atoms with Crippen LogP contribution in [0.15, 0.2) is 18.2 Å². The van der Waals surface area contributed by atoms with Gasteiger partial charge in [0, 0.05) is 5.56 Å². The lowest BCUT2D eigenvalue weighted by Gasteiger charge is -2.09. The summed E-state index contributed by atoms with van der Waals surface area (Å²) < 4.78 is 49.7. The zero-order valence-electron chi connectivity index (χ0n) is 11.2. The van der Waals surface area contributed by atoms with Crippen LogP contribution in [-0.2, 0) is 4.79 Å². The minimum atomic E-state index is -5.06. The quantitative estimate of drug-likeness (QED) is 0.480. The Hall–Kier alpha value is -1.81. The average molecular weight is 303 g/mol. The molecule has 0 saturated carbocycles. The third-order valence-electron chi connectivity index (χ3n) is 2.05. The lowest BCUT2D eigenvalue weighted by atomic mass is 10.2. The molecular formula is C13H13F4NOSi. The molecule has 0 bridgehead atoms. The van der Waals surface area contributed by atoms with E-state index in [0.29, 0.717) is 5.56 Å². The van der Waals surface area contributed by atoms with Gasteiger partial charge >= 0.3 is 12.1 Å². The molecule has 0 unspecified atom stereocenters. The van der Waals surface area contributed by atoms with Gasteiger partial charge in [0.2, 0.25) is 0 Å². The van der Waals surface area contributed by atoms with Crippen LogP contribution in [-0.4, -0.2) is 20.2 Å². The maximum atomic E-state index is 13.4. The topological polar surface area (TPSA) is 29.1 Å². The second kappa shape index (κ2) is 5.67. The number of carbonyl (C=O) groups is 1. The summed E-state index contributed by atoms with van der Waals surface area (Å²) in [5, 5.41) is 1.49. The van der Waals surface area contributed by atoms with Gasteiger partial charge in [-0.3, -0.25) is 4.79 Å². The molecule has 7 heteroatoms. The van der Waals surface area contributed by atoms with Gasteiger partial charge < -0.3 is 5.32 Å². The van der Waals surface area contributed by atoms with Crippen molar-refractivity contribution in [2.24, 2.45) is 0 Å². The molecule has 0 atom stereocenters. The molecule has 0 spiro atoms. The molecule has 0 saturated heterocycles. The summed E-state index contributed by atoms with van der Waals surface area (Å²) in [7, 11) is -1.66. The number of benzene rings is 1. The maximum absolute atomic E-state index is 13.4. The molecule has 2 nitrogen and oxygen atoms in total.